The molecule has 0 aromatic heterocycles. The van der Waals surface area contributed by atoms with Crippen LogP contribution in [-0.4, -0.2) is 37.2 Å². The normalized spacial score (nSPS) is 13.2. The van der Waals surface area contributed by atoms with E-state index in [0.29, 0.717) is 19.3 Å². The topological polar surface area (TPSA) is 78.9 Å². The minimum Gasteiger partial charge on any atom is -0.462 e. The molecular weight excluding hydrogens is 817 g/mol. The summed E-state index contributed by atoms with van der Waals surface area (Å²) in [7, 11) is 0. The minimum atomic E-state index is -0.829. The highest BCUT2D eigenvalue weighted by atomic mass is 16.6. The molecule has 0 amide bonds. The Hall–Kier alpha value is -4.45. The summed E-state index contributed by atoms with van der Waals surface area (Å²) >= 11 is 0. The third kappa shape index (κ3) is 50.5. The lowest BCUT2D eigenvalue weighted by Gasteiger charge is -2.18. The Bertz CT molecular complexity index is 1460. The van der Waals surface area contributed by atoms with Crippen molar-refractivity contribution in [3.8, 4) is 0 Å². The zero-order valence-electron chi connectivity index (χ0n) is 42.1. The number of carbonyl (C=O) groups excluding carboxylic acids is 3. The van der Waals surface area contributed by atoms with Crippen LogP contribution in [0, 0.1) is 0 Å². The Morgan fingerprint density at radius 1 is 0.333 bits per heavy atom. The van der Waals surface area contributed by atoms with E-state index in [1.165, 1.54) is 44.9 Å². The van der Waals surface area contributed by atoms with Gasteiger partial charge in [-0.05, 0) is 103 Å². The van der Waals surface area contributed by atoms with E-state index in [1.54, 1.807) is 0 Å². The van der Waals surface area contributed by atoms with E-state index in [2.05, 4.69) is 118 Å². The summed E-state index contributed by atoms with van der Waals surface area (Å²) in [6, 6.07) is 0. The fourth-order valence-electron chi connectivity index (χ4n) is 6.56. The molecule has 0 N–H and O–H groups in total. The van der Waals surface area contributed by atoms with Gasteiger partial charge in [0, 0.05) is 19.3 Å². The van der Waals surface area contributed by atoms with Gasteiger partial charge in [0.05, 0.1) is 0 Å². The Morgan fingerprint density at radius 2 is 0.697 bits per heavy atom. The summed E-state index contributed by atoms with van der Waals surface area (Å²) in [4.78, 5) is 38.0. The number of hydrogen-bond donors (Lipinski definition) is 0. The van der Waals surface area contributed by atoms with Crippen LogP contribution in [-0.2, 0) is 28.6 Å². The SMILES string of the molecule is CC/C=C\C/C=C\C/C=C\C/C=C\C/C=C\CCCC(=O)OC(COC(=O)CCCCC/C=C\CCCCCCCC)COC(=O)CCCCCCC\C=C/C=C\C=C/C=C\C=C/CCC. The lowest BCUT2D eigenvalue weighted by molar-refractivity contribution is -0.167. The molecule has 1 unspecified atom stereocenters. The number of esters is 3. The lowest BCUT2D eigenvalue weighted by atomic mass is 10.1. The Labute approximate surface area is 405 Å². The van der Waals surface area contributed by atoms with Crippen molar-refractivity contribution in [3.63, 3.8) is 0 Å². The molecule has 0 aliphatic heterocycles. The Morgan fingerprint density at radius 3 is 1.20 bits per heavy atom. The van der Waals surface area contributed by atoms with Gasteiger partial charge in [-0.15, -0.1) is 0 Å². The van der Waals surface area contributed by atoms with Crippen LogP contribution in [0.15, 0.2) is 134 Å². The van der Waals surface area contributed by atoms with Gasteiger partial charge in [-0.2, -0.15) is 0 Å². The highest BCUT2D eigenvalue weighted by Crippen LogP contribution is 2.12. The quantitative estimate of drug-likeness (QED) is 0.0199. The minimum absolute atomic E-state index is 0.122. The molecule has 0 spiro atoms. The first-order valence-electron chi connectivity index (χ1n) is 26.3. The van der Waals surface area contributed by atoms with Crippen LogP contribution in [0.25, 0.3) is 0 Å². The largest absolute Gasteiger partial charge is 0.462 e. The summed E-state index contributed by atoms with van der Waals surface area (Å²) in [5.41, 5.74) is 0. The number of unbranched alkanes of at least 4 members (excludes halogenated alkanes) is 16. The van der Waals surface area contributed by atoms with Gasteiger partial charge in [-0.3, -0.25) is 14.4 Å². The molecule has 0 aliphatic carbocycles. The first kappa shape index (κ1) is 61.5. The van der Waals surface area contributed by atoms with E-state index in [-0.39, 0.29) is 37.5 Å². The highest BCUT2D eigenvalue weighted by molar-refractivity contribution is 5.71. The second-order valence-corrected chi connectivity index (χ2v) is 16.8. The molecule has 6 nitrogen and oxygen atoms in total. The lowest BCUT2D eigenvalue weighted by Crippen LogP contribution is -2.30. The molecule has 6 heteroatoms. The van der Waals surface area contributed by atoms with Gasteiger partial charge >= 0.3 is 17.9 Å². The second-order valence-electron chi connectivity index (χ2n) is 16.8. The Balaban J connectivity index is 4.58. The van der Waals surface area contributed by atoms with Gasteiger partial charge in [-0.25, -0.2) is 0 Å². The van der Waals surface area contributed by atoms with Gasteiger partial charge in [0.1, 0.15) is 13.2 Å². The summed E-state index contributed by atoms with van der Waals surface area (Å²) < 4.78 is 16.7. The van der Waals surface area contributed by atoms with E-state index >= 15 is 0 Å². The maximum Gasteiger partial charge on any atom is 0.306 e. The molecular formula is C60H94O6. The third-order valence-corrected chi connectivity index (χ3v) is 10.5. The van der Waals surface area contributed by atoms with Gasteiger partial charge in [0.25, 0.3) is 0 Å². The van der Waals surface area contributed by atoms with E-state index in [4.69, 9.17) is 14.2 Å². The van der Waals surface area contributed by atoms with Crippen LogP contribution < -0.4 is 0 Å². The molecule has 66 heavy (non-hydrogen) atoms. The fraction of sp³-hybridized carbons (Fsp3) is 0.583. The summed E-state index contributed by atoms with van der Waals surface area (Å²) in [6.07, 6.45) is 74.3. The van der Waals surface area contributed by atoms with Crippen molar-refractivity contribution in [1.82, 2.24) is 0 Å². The maximum absolute atomic E-state index is 12.8. The van der Waals surface area contributed by atoms with Crippen molar-refractivity contribution >= 4 is 17.9 Å². The predicted octanol–water partition coefficient (Wildman–Crippen LogP) is 17.5. The van der Waals surface area contributed by atoms with Crippen LogP contribution in [0.3, 0.4) is 0 Å². The van der Waals surface area contributed by atoms with E-state index in [1.807, 2.05) is 36.5 Å². The molecule has 0 saturated heterocycles. The summed E-state index contributed by atoms with van der Waals surface area (Å²) in [6.45, 7) is 6.32. The first-order chi connectivity index (χ1) is 32.5. The molecule has 0 radical (unpaired) electrons. The average molecular weight is 911 g/mol. The molecule has 0 aliphatic rings. The molecule has 0 fully saturated rings. The van der Waals surface area contributed by atoms with Gasteiger partial charge in [0.2, 0.25) is 0 Å². The monoisotopic (exact) mass is 911 g/mol. The number of rotatable bonds is 45. The van der Waals surface area contributed by atoms with Crippen LogP contribution in [0.4, 0.5) is 0 Å². The zero-order valence-corrected chi connectivity index (χ0v) is 42.1. The molecule has 370 valence electrons. The standard InChI is InChI=1S/C60H94O6/c1-4-7-10-13-16-19-22-25-27-29-31-32-35-38-41-44-47-50-53-59(62)65-56-57(55-64-58(61)52-49-46-43-40-37-34-24-21-18-15-12-9-6-3)66-60(63)54-51-48-45-42-39-36-33-30-28-26-23-20-17-14-11-8-5-2/h8,10-11,13,16-17,19-20,22,25-29,31-34,36-37,42,45,57H,4-7,9,12,14-15,18,21,23-24,30,35,38-41,43-44,46-56H2,1-3H3/b11-8-,13-10-,19-16-,20-17-,25-22-,28-26-,29-27-,32-31-,36-33-,37-34-,45-42-. The molecule has 0 aromatic rings. The van der Waals surface area contributed by atoms with Gasteiger partial charge < -0.3 is 14.2 Å². The highest BCUT2D eigenvalue weighted by Gasteiger charge is 2.19. The van der Waals surface area contributed by atoms with Crippen LogP contribution in [0.1, 0.15) is 207 Å². The van der Waals surface area contributed by atoms with Crippen molar-refractivity contribution in [2.75, 3.05) is 13.2 Å². The number of carbonyl (C=O) groups is 3. The van der Waals surface area contributed by atoms with E-state index in [9.17, 15) is 14.4 Å². The average Bonchev–Trinajstić information content (AvgIpc) is 3.31. The van der Waals surface area contributed by atoms with Crippen molar-refractivity contribution in [2.45, 2.75) is 213 Å². The first-order valence-corrected chi connectivity index (χ1v) is 26.3. The zero-order chi connectivity index (χ0) is 47.9. The smallest absolute Gasteiger partial charge is 0.306 e. The fourth-order valence-corrected chi connectivity index (χ4v) is 6.56. The van der Waals surface area contributed by atoms with Crippen molar-refractivity contribution < 1.29 is 28.6 Å². The molecule has 0 heterocycles. The molecule has 1 atom stereocenters. The van der Waals surface area contributed by atoms with Crippen molar-refractivity contribution in [2.24, 2.45) is 0 Å². The van der Waals surface area contributed by atoms with Crippen molar-refractivity contribution in [1.29, 1.82) is 0 Å². The van der Waals surface area contributed by atoms with Crippen LogP contribution >= 0.6 is 0 Å². The summed E-state index contributed by atoms with van der Waals surface area (Å²) in [5, 5.41) is 0. The molecule has 0 rings (SSSR count). The predicted molar refractivity (Wildman–Crippen MR) is 283 cm³/mol. The third-order valence-electron chi connectivity index (χ3n) is 10.5. The number of allylic oxidation sites excluding steroid dienone is 22. The van der Waals surface area contributed by atoms with Gasteiger partial charge in [0.15, 0.2) is 6.10 Å². The number of ether oxygens (including phenoxy) is 3. The van der Waals surface area contributed by atoms with Crippen LogP contribution in [0.2, 0.25) is 0 Å². The van der Waals surface area contributed by atoms with E-state index < -0.39 is 6.10 Å². The second kappa shape index (κ2) is 53.2. The molecule has 0 saturated carbocycles. The molecule has 0 aromatic carbocycles. The Kier molecular flexibility index (Phi) is 49.6. The number of hydrogen-bond acceptors (Lipinski definition) is 6. The maximum atomic E-state index is 12.8. The van der Waals surface area contributed by atoms with Crippen LogP contribution in [0.5, 0.6) is 0 Å². The summed E-state index contributed by atoms with van der Waals surface area (Å²) in [5.74, 6) is -1.03. The van der Waals surface area contributed by atoms with E-state index in [0.717, 1.165) is 116 Å². The van der Waals surface area contributed by atoms with Crippen molar-refractivity contribution in [3.05, 3.63) is 134 Å². The van der Waals surface area contributed by atoms with Gasteiger partial charge in [-0.1, -0.05) is 219 Å². The molecule has 0 bridgehead atoms.